The van der Waals surface area contributed by atoms with E-state index in [4.69, 9.17) is 67.3 Å². The average Bonchev–Trinajstić information content (AvgIpc) is 1.62. The number of likely N-dealkylation sites (tertiary alicyclic amines) is 2. The standard InChI is InChI=1S/C64H86Cl4N16O8S2/c65-43-31-55-53(57(67)33-43)35-59(79-25-11-13-45(69)39-79)61(55)91-51-19-15-49(16-20-51)83(93(87)88)29-9-3-1-7-27-81-41-47(75-77-81)37-73-63(85)71-23-5-6-24-72-64(86)74-38-48-42-82(78-76-48)28-8-2-4-10-30-84(94(89)90)50-17-21-52(22-18-50)92-62-56-32-44(66)34-58(68)54(56)36-60(62)80-26-12-14-46(70)40-80/h15-22,31-34,41-42,45-46,59-62,93-94H,1-14,23-30,35-40,69-70H2,(H2,71,73,85)(H2,72,74,86)/t45-,46-,59+,60+,61+,62+/m1/s1. The monoisotopic (exact) mass is 1410 g/mol. The zero-order valence-electron chi connectivity index (χ0n) is 52.6. The summed E-state index contributed by atoms with van der Waals surface area (Å²) in [7, 11) is -5.73. The molecule has 2 saturated heterocycles. The minimum Gasteiger partial charge on any atom is -0.484 e. The van der Waals surface area contributed by atoms with Crippen LogP contribution in [-0.2, 0) is 60.8 Å². The number of fused-ring (bicyclic) bond motifs is 2. The van der Waals surface area contributed by atoms with Gasteiger partial charge in [0, 0.05) is 95.7 Å². The number of benzene rings is 4. The van der Waals surface area contributed by atoms with Crippen LogP contribution in [-0.4, -0.2) is 145 Å². The fourth-order valence-corrected chi connectivity index (χ4v) is 15.5. The van der Waals surface area contributed by atoms with Crippen molar-refractivity contribution in [3.63, 3.8) is 0 Å². The van der Waals surface area contributed by atoms with Gasteiger partial charge in [-0.25, -0.2) is 26.4 Å². The number of amides is 4. The van der Waals surface area contributed by atoms with Crippen LogP contribution in [0.3, 0.4) is 0 Å². The second-order valence-corrected chi connectivity index (χ2v) is 28.3. The fourth-order valence-electron chi connectivity index (χ4n) is 13.1. The summed E-state index contributed by atoms with van der Waals surface area (Å²) >= 11 is 26.3. The van der Waals surface area contributed by atoms with Crippen molar-refractivity contribution >= 4 is 91.6 Å². The molecule has 0 saturated carbocycles. The van der Waals surface area contributed by atoms with E-state index in [9.17, 15) is 26.4 Å². The van der Waals surface area contributed by atoms with Crippen LogP contribution < -0.4 is 50.8 Å². The zero-order valence-corrected chi connectivity index (χ0v) is 57.5. The van der Waals surface area contributed by atoms with Gasteiger partial charge in [0.15, 0.2) is 0 Å². The Morgan fingerprint density at radius 1 is 0.543 bits per heavy atom. The number of nitrogens with zero attached hydrogens (tertiary/aromatic N) is 10. The number of rotatable bonds is 33. The van der Waals surface area contributed by atoms with Gasteiger partial charge in [-0.2, -0.15) is 0 Å². The maximum Gasteiger partial charge on any atom is 0.315 e. The van der Waals surface area contributed by atoms with Gasteiger partial charge in [0.1, 0.15) is 35.1 Å². The van der Waals surface area contributed by atoms with Crippen LogP contribution in [0.25, 0.3) is 0 Å². The van der Waals surface area contributed by atoms with Crippen molar-refractivity contribution in [3.05, 3.63) is 139 Å². The maximum atomic E-state index is 12.5. The molecule has 2 aromatic heterocycles. The highest BCUT2D eigenvalue weighted by Crippen LogP contribution is 2.45. The molecule has 4 heterocycles. The number of aryl methyl sites for hydroxylation is 2. The number of nitrogens with one attached hydrogen (secondary N) is 4. The first-order valence-corrected chi connectivity index (χ1v) is 36.4. The summed E-state index contributed by atoms with van der Waals surface area (Å²) in [5.74, 6) is 1.24. The molecule has 0 bridgehead atoms. The molecular weight excluding hydrogens is 1330 g/mol. The van der Waals surface area contributed by atoms with Gasteiger partial charge in [0.2, 0.25) is 21.8 Å². The van der Waals surface area contributed by atoms with Crippen LogP contribution in [0.5, 0.6) is 11.5 Å². The van der Waals surface area contributed by atoms with Crippen molar-refractivity contribution in [3.8, 4) is 11.5 Å². The molecule has 30 heteroatoms. The van der Waals surface area contributed by atoms with Crippen molar-refractivity contribution in [2.75, 3.05) is 61.0 Å². The number of urea groups is 2. The molecule has 8 N–H and O–H groups in total. The topological polar surface area (TPSA) is 295 Å². The SMILES string of the molecule is N[C@@H]1CCCN([C@H]2Cc3c(Cl)cc(Cl)cc3[C@@H]2Oc2ccc(N(CCCCCCn3cc(CNC(=O)NCCCCNC(=O)NCc4cn(CCCCCCN(c5ccc(O[C@H]6c7cc(Cl)cc(Cl)c7C[C@@H]6N6CCC[C@@H](N)C6)cc5)[SH](=O)=O)nn4)nn3)[SH](=O)=O)cc2)C1. The third-order valence-corrected chi connectivity index (χ3v) is 20.6. The summed E-state index contributed by atoms with van der Waals surface area (Å²) < 4.78 is 69.2. The Morgan fingerprint density at radius 3 is 1.34 bits per heavy atom. The quantitative estimate of drug-likeness (QED) is 0.0141. The Hall–Kier alpha value is -6.20. The predicted molar refractivity (Wildman–Crippen MR) is 367 cm³/mol. The van der Waals surface area contributed by atoms with Crippen LogP contribution in [0, 0.1) is 0 Å². The van der Waals surface area contributed by atoms with E-state index >= 15 is 0 Å². The minimum absolute atomic E-state index is 0.0394. The molecule has 10 rings (SSSR count). The van der Waals surface area contributed by atoms with Gasteiger partial charge in [0.25, 0.3) is 0 Å². The molecule has 2 aliphatic carbocycles. The summed E-state index contributed by atoms with van der Waals surface area (Å²) in [6, 6.07) is 21.3. The van der Waals surface area contributed by atoms with Crippen molar-refractivity contribution in [2.24, 2.45) is 11.5 Å². The number of thiol groups is 2. The number of anilines is 2. The first-order valence-electron chi connectivity index (χ1n) is 32.6. The number of hydrogen-bond donors (Lipinski definition) is 8. The number of nitrogens with two attached hydrogens (primary N) is 2. The number of carbonyl (C=O) groups is 2. The molecule has 2 fully saturated rings. The Bertz CT molecular complexity index is 3390. The Labute approximate surface area is 573 Å². The summed E-state index contributed by atoms with van der Waals surface area (Å²) in [6.45, 7) is 6.59. The second kappa shape index (κ2) is 34.6. The lowest BCUT2D eigenvalue weighted by Crippen LogP contribution is -2.49. The molecule has 6 aromatic rings. The van der Waals surface area contributed by atoms with Crippen LogP contribution in [0.2, 0.25) is 20.1 Å². The minimum atomic E-state index is -2.87. The highest BCUT2D eigenvalue weighted by molar-refractivity contribution is 7.74. The summed E-state index contributed by atoms with van der Waals surface area (Å²) in [5, 5.41) is 30.4. The Kier molecular flexibility index (Phi) is 26.0. The first kappa shape index (κ1) is 70.6. The second-order valence-electron chi connectivity index (χ2n) is 24.7. The number of halogens is 4. The van der Waals surface area contributed by atoms with Gasteiger partial charge >= 0.3 is 12.1 Å². The third kappa shape index (κ3) is 19.7. The molecule has 94 heavy (non-hydrogen) atoms. The van der Waals surface area contributed by atoms with Gasteiger partial charge in [-0.1, -0.05) is 82.5 Å². The summed E-state index contributed by atoms with van der Waals surface area (Å²) in [4.78, 5) is 29.8. The number of piperidine rings is 2. The average molecular weight is 1410 g/mol. The molecule has 0 radical (unpaired) electrons. The third-order valence-electron chi connectivity index (χ3n) is 17.9. The zero-order chi connectivity index (χ0) is 66.1. The molecule has 24 nitrogen and oxygen atoms in total. The molecule has 4 amide bonds. The number of unbranched alkanes of at least 4 members (excludes halogenated alkanes) is 7. The smallest absolute Gasteiger partial charge is 0.315 e. The van der Waals surface area contributed by atoms with Gasteiger partial charge in [-0.05, 0) is 174 Å². The number of ether oxygens (including phenoxy) is 2. The summed E-state index contributed by atoms with van der Waals surface area (Å²) in [5.41, 5.74) is 19.1. The lowest BCUT2D eigenvalue weighted by molar-refractivity contribution is 0.0593. The van der Waals surface area contributed by atoms with E-state index in [-0.39, 0.29) is 61.5 Å². The molecule has 4 aromatic carbocycles. The number of aromatic nitrogens is 6. The van der Waals surface area contributed by atoms with Gasteiger partial charge < -0.3 is 42.2 Å². The van der Waals surface area contributed by atoms with E-state index in [1.54, 1.807) is 58.2 Å². The largest absolute Gasteiger partial charge is 0.484 e. The fraction of sp³-hybridized carbons (Fsp3) is 0.531. The number of hydrogen-bond acceptors (Lipinski definition) is 16. The molecule has 510 valence electrons. The molecule has 0 unspecified atom stereocenters. The highest BCUT2D eigenvalue weighted by atomic mass is 35.5. The van der Waals surface area contributed by atoms with Crippen LogP contribution in [0.15, 0.2) is 85.2 Å². The van der Waals surface area contributed by atoms with Crippen molar-refractivity contribution < 1.29 is 35.9 Å². The van der Waals surface area contributed by atoms with E-state index < -0.39 is 21.8 Å². The Balaban J connectivity index is 0.539. The van der Waals surface area contributed by atoms with Crippen LogP contribution >= 0.6 is 46.4 Å². The molecular formula is C64H86Cl4N16O8S2. The first-order chi connectivity index (χ1) is 45.5. The lowest BCUT2D eigenvalue weighted by Gasteiger charge is -2.38. The Morgan fingerprint density at radius 2 is 0.947 bits per heavy atom. The number of carbonyl (C=O) groups excluding carboxylic acids is 2. The van der Waals surface area contributed by atoms with Crippen molar-refractivity contribution in [1.82, 2.24) is 61.1 Å². The molecule has 4 aliphatic rings. The molecule has 6 atom stereocenters. The molecule has 0 spiro atoms. The van der Waals surface area contributed by atoms with E-state index in [2.05, 4.69) is 51.7 Å². The van der Waals surface area contributed by atoms with Gasteiger partial charge in [-0.3, -0.25) is 27.8 Å². The predicted octanol–water partition coefficient (Wildman–Crippen LogP) is 8.68. The van der Waals surface area contributed by atoms with E-state index in [1.807, 2.05) is 36.4 Å². The lowest BCUT2D eigenvalue weighted by atomic mass is 10.0. The molecule has 2 aliphatic heterocycles. The maximum absolute atomic E-state index is 12.5. The highest BCUT2D eigenvalue weighted by Gasteiger charge is 2.42. The summed E-state index contributed by atoms with van der Waals surface area (Å²) in [6.07, 6.45) is 16.1. The van der Waals surface area contributed by atoms with Crippen LogP contribution in [0.1, 0.15) is 136 Å². The van der Waals surface area contributed by atoms with Crippen LogP contribution in [0.4, 0.5) is 21.0 Å². The van der Waals surface area contributed by atoms with E-state index in [0.717, 1.165) is 125 Å². The normalized spacial score (nSPS) is 19.7. The van der Waals surface area contributed by atoms with Gasteiger partial charge in [-0.15, -0.1) is 10.2 Å². The van der Waals surface area contributed by atoms with E-state index in [0.29, 0.717) is 119 Å². The van der Waals surface area contributed by atoms with E-state index in [1.165, 1.54) is 8.61 Å². The van der Waals surface area contributed by atoms with Crippen molar-refractivity contribution in [1.29, 1.82) is 0 Å². The van der Waals surface area contributed by atoms with Crippen molar-refractivity contribution in [2.45, 2.75) is 165 Å². The van der Waals surface area contributed by atoms with Gasteiger partial charge in [0.05, 0.1) is 48.9 Å².